The molecule has 0 heterocycles. The lowest BCUT2D eigenvalue weighted by atomic mass is 9.96. The van der Waals surface area contributed by atoms with Crippen molar-refractivity contribution in [2.24, 2.45) is 0 Å². The van der Waals surface area contributed by atoms with Gasteiger partial charge in [-0.25, -0.2) is 0 Å². The second-order valence-corrected chi connectivity index (χ2v) is 4.71. The molecule has 1 aliphatic carbocycles. The molecule has 0 spiro atoms. The maximum absolute atomic E-state index is 2.24. The summed E-state index contributed by atoms with van der Waals surface area (Å²) in [6, 6.07) is 19.6. The molecule has 0 bridgehead atoms. The Morgan fingerprint density at radius 1 is 0.765 bits per heavy atom. The van der Waals surface area contributed by atoms with Gasteiger partial charge in [-0.05, 0) is 36.5 Å². The summed E-state index contributed by atoms with van der Waals surface area (Å²) in [5, 5.41) is 0. The van der Waals surface area contributed by atoms with Crippen molar-refractivity contribution in [3.05, 3.63) is 76.9 Å². The quantitative estimate of drug-likeness (QED) is 0.694. The predicted molar refractivity (Wildman–Crippen MR) is 72.9 cm³/mol. The van der Waals surface area contributed by atoms with Gasteiger partial charge in [0.1, 0.15) is 0 Å². The van der Waals surface area contributed by atoms with Crippen molar-refractivity contribution < 1.29 is 0 Å². The van der Waals surface area contributed by atoms with Gasteiger partial charge in [-0.1, -0.05) is 65.7 Å². The third-order valence-corrected chi connectivity index (χ3v) is 3.26. The molecule has 0 heteroatoms. The molecular weight excluding hydrogens is 204 g/mol. The van der Waals surface area contributed by atoms with Crippen LogP contribution in [-0.2, 0) is 0 Å². The molecule has 1 saturated carbocycles. The van der Waals surface area contributed by atoms with Gasteiger partial charge in [-0.2, -0.15) is 0 Å². The first-order chi connectivity index (χ1) is 8.34. The van der Waals surface area contributed by atoms with E-state index in [-0.39, 0.29) is 0 Å². The van der Waals surface area contributed by atoms with Gasteiger partial charge in [-0.15, -0.1) is 0 Å². The fourth-order valence-electron chi connectivity index (χ4n) is 2.21. The topological polar surface area (TPSA) is 0 Å². The molecular formula is C17H16. The Balaban J connectivity index is 2.09. The smallest absolute Gasteiger partial charge is 0.0119 e. The average Bonchev–Trinajstić information content (AvgIpc) is 3.18. The normalized spacial score (nSPS) is 13.6. The number of aryl methyl sites for hydroxylation is 1. The highest BCUT2D eigenvalue weighted by atomic mass is 14.2. The minimum atomic E-state index is 1.26. The van der Waals surface area contributed by atoms with Crippen LogP contribution in [0.1, 0.15) is 29.5 Å². The average molecular weight is 220 g/mol. The fourth-order valence-corrected chi connectivity index (χ4v) is 2.21. The summed E-state index contributed by atoms with van der Waals surface area (Å²) < 4.78 is 0. The lowest BCUT2D eigenvalue weighted by Crippen LogP contribution is -1.88. The van der Waals surface area contributed by atoms with Crippen LogP contribution in [0.15, 0.2) is 60.2 Å². The van der Waals surface area contributed by atoms with Gasteiger partial charge in [0.25, 0.3) is 0 Å². The van der Waals surface area contributed by atoms with Crippen molar-refractivity contribution in [1.29, 1.82) is 0 Å². The molecule has 1 fully saturated rings. The van der Waals surface area contributed by atoms with Crippen molar-refractivity contribution in [3.63, 3.8) is 0 Å². The maximum atomic E-state index is 2.24. The van der Waals surface area contributed by atoms with Crippen LogP contribution in [0.3, 0.4) is 0 Å². The Morgan fingerprint density at radius 3 is 1.94 bits per heavy atom. The van der Waals surface area contributed by atoms with E-state index in [0.29, 0.717) is 0 Å². The third-order valence-electron chi connectivity index (χ3n) is 3.26. The zero-order valence-corrected chi connectivity index (χ0v) is 10.1. The van der Waals surface area contributed by atoms with Crippen LogP contribution in [-0.4, -0.2) is 0 Å². The number of hydrogen-bond donors (Lipinski definition) is 0. The minimum Gasteiger partial charge on any atom is -0.0622 e. The van der Waals surface area contributed by atoms with Gasteiger partial charge >= 0.3 is 0 Å². The van der Waals surface area contributed by atoms with Crippen LogP contribution in [0.25, 0.3) is 5.57 Å². The van der Waals surface area contributed by atoms with Gasteiger partial charge < -0.3 is 0 Å². The van der Waals surface area contributed by atoms with Gasteiger partial charge in [0.05, 0.1) is 0 Å². The summed E-state index contributed by atoms with van der Waals surface area (Å²) in [5.41, 5.74) is 7.07. The van der Waals surface area contributed by atoms with Crippen LogP contribution in [0.4, 0.5) is 0 Å². The number of rotatable bonds is 2. The Kier molecular flexibility index (Phi) is 2.56. The maximum Gasteiger partial charge on any atom is -0.0119 e. The van der Waals surface area contributed by atoms with Crippen molar-refractivity contribution in [2.45, 2.75) is 19.8 Å². The molecule has 0 aliphatic heterocycles. The summed E-state index contributed by atoms with van der Waals surface area (Å²) in [6.07, 6.45) is 2.52. The third kappa shape index (κ3) is 2.16. The summed E-state index contributed by atoms with van der Waals surface area (Å²) >= 11 is 0. The molecule has 0 aromatic heterocycles. The fraction of sp³-hybridized carbons (Fsp3) is 0.176. The Labute approximate surface area is 103 Å². The van der Waals surface area contributed by atoms with Crippen molar-refractivity contribution in [2.75, 3.05) is 0 Å². The van der Waals surface area contributed by atoms with E-state index in [1.165, 1.54) is 35.1 Å². The Bertz CT molecular complexity index is 538. The van der Waals surface area contributed by atoms with Crippen LogP contribution in [0.5, 0.6) is 0 Å². The van der Waals surface area contributed by atoms with E-state index in [2.05, 4.69) is 61.5 Å². The first-order valence-corrected chi connectivity index (χ1v) is 6.19. The molecule has 17 heavy (non-hydrogen) atoms. The highest BCUT2D eigenvalue weighted by Crippen LogP contribution is 2.39. The van der Waals surface area contributed by atoms with Crippen molar-refractivity contribution in [1.82, 2.24) is 0 Å². The first-order valence-electron chi connectivity index (χ1n) is 6.19. The molecule has 0 unspecified atom stereocenters. The van der Waals surface area contributed by atoms with Gasteiger partial charge in [0.15, 0.2) is 0 Å². The van der Waals surface area contributed by atoms with E-state index >= 15 is 0 Å². The second kappa shape index (κ2) is 4.21. The lowest BCUT2D eigenvalue weighted by Gasteiger charge is -2.08. The molecule has 84 valence electrons. The van der Waals surface area contributed by atoms with Crippen molar-refractivity contribution >= 4 is 5.57 Å². The second-order valence-electron chi connectivity index (χ2n) is 4.71. The number of hydrogen-bond acceptors (Lipinski definition) is 0. The molecule has 2 aromatic rings. The molecule has 0 radical (unpaired) electrons. The molecule has 0 saturated heterocycles. The molecule has 0 N–H and O–H groups in total. The summed E-state index contributed by atoms with van der Waals surface area (Å²) in [7, 11) is 0. The zero-order chi connectivity index (χ0) is 11.7. The van der Waals surface area contributed by atoms with Gasteiger partial charge in [0.2, 0.25) is 0 Å². The highest BCUT2D eigenvalue weighted by molar-refractivity contribution is 5.84. The van der Waals surface area contributed by atoms with E-state index < -0.39 is 0 Å². The summed E-state index contributed by atoms with van der Waals surface area (Å²) in [6.45, 7) is 2.14. The number of benzene rings is 2. The van der Waals surface area contributed by atoms with Crippen LogP contribution >= 0.6 is 0 Å². The molecule has 0 nitrogen and oxygen atoms in total. The monoisotopic (exact) mass is 220 g/mol. The molecule has 2 aromatic carbocycles. The van der Waals surface area contributed by atoms with E-state index in [1.807, 2.05) is 0 Å². The lowest BCUT2D eigenvalue weighted by molar-refractivity contribution is 1.44. The van der Waals surface area contributed by atoms with E-state index in [4.69, 9.17) is 0 Å². The largest absolute Gasteiger partial charge is 0.0622 e. The molecule has 0 atom stereocenters. The first kappa shape index (κ1) is 10.3. The van der Waals surface area contributed by atoms with E-state index in [1.54, 1.807) is 5.57 Å². The highest BCUT2D eigenvalue weighted by Gasteiger charge is 2.19. The van der Waals surface area contributed by atoms with Crippen molar-refractivity contribution in [3.8, 4) is 0 Å². The molecule has 3 rings (SSSR count). The zero-order valence-electron chi connectivity index (χ0n) is 10.1. The van der Waals surface area contributed by atoms with Crippen LogP contribution in [0.2, 0.25) is 0 Å². The Morgan fingerprint density at radius 2 is 1.35 bits per heavy atom. The minimum absolute atomic E-state index is 1.26. The van der Waals surface area contributed by atoms with Crippen LogP contribution < -0.4 is 0 Å². The number of allylic oxidation sites excluding steroid dienone is 1. The Hall–Kier alpha value is -1.82. The standard InChI is InChI=1S/C17H16/c1-13-7-9-15(10-8-13)17(16-11-12-16)14-5-3-2-4-6-14/h2-10H,11-12H2,1H3. The molecule has 1 aliphatic rings. The van der Waals surface area contributed by atoms with E-state index in [9.17, 15) is 0 Å². The van der Waals surface area contributed by atoms with Gasteiger partial charge in [-0.3, -0.25) is 0 Å². The predicted octanol–water partition coefficient (Wildman–Crippen LogP) is 4.59. The van der Waals surface area contributed by atoms with Gasteiger partial charge in [0, 0.05) is 0 Å². The molecule has 0 amide bonds. The van der Waals surface area contributed by atoms with Crippen LogP contribution in [0, 0.1) is 6.92 Å². The SMILES string of the molecule is Cc1ccc(C(=C2CC2)c2ccccc2)cc1. The summed E-state index contributed by atoms with van der Waals surface area (Å²) in [4.78, 5) is 0. The summed E-state index contributed by atoms with van der Waals surface area (Å²) in [5.74, 6) is 0. The van der Waals surface area contributed by atoms with E-state index in [0.717, 1.165) is 0 Å².